The third-order valence-corrected chi connectivity index (χ3v) is 5.44. The van der Waals surface area contributed by atoms with Gasteiger partial charge in [0.1, 0.15) is 6.54 Å². The minimum atomic E-state index is -0.414. The van der Waals surface area contributed by atoms with Crippen LogP contribution in [0.15, 0.2) is 30.5 Å². The van der Waals surface area contributed by atoms with Gasteiger partial charge in [-0.2, -0.15) is 11.8 Å². The molecule has 0 bridgehead atoms. The molecule has 9 nitrogen and oxygen atoms in total. The molecule has 3 amide bonds. The van der Waals surface area contributed by atoms with Gasteiger partial charge in [-0.25, -0.2) is 4.68 Å². The molecule has 2 heterocycles. The Hall–Kier alpha value is -2.88. The zero-order chi connectivity index (χ0) is 20.8. The number of carbonyl (C=O) groups is 3. The van der Waals surface area contributed by atoms with Crippen LogP contribution in [0.1, 0.15) is 16.1 Å². The lowest BCUT2D eigenvalue weighted by Gasteiger charge is -2.26. The largest absolute Gasteiger partial charge is 0.347 e. The summed E-state index contributed by atoms with van der Waals surface area (Å²) in [6, 6.07) is 7.18. The summed E-state index contributed by atoms with van der Waals surface area (Å²) in [5.41, 5.74) is 1.62. The van der Waals surface area contributed by atoms with Gasteiger partial charge in [-0.05, 0) is 17.7 Å². The number of carbonyl (C=O) groups excluding carboxylic acids is 3. The fourth-order valence-electron chi connectivity index (χ4n) is 2.76. The van der Waals surface area contributed by atoms with Crippen molar-refractivity contribution >= 4 is 35.2 Å². The first kappa shape index (κ1) is 20.8. The molecule has 1 aliphatic rings. The summed E-state index contributed by atoms with van der Waals surface area (Å²) in [7, 11) is 3.30. The van der Waals surface area contributed by atoms with E-state index in [0.717, 1.165) is 30.2 Å². The number of amides is 3. The van der Waals surface area contributed by atoms with Crippen LogP contribution in [0, 0.1) is 0 Å². The summed E-state index contributed by atoms with van der Waals surface area (Å²) in [6.45, 7) is 1.63. The van der Waals surface area contributed by atoms with Crippen LogP contribution >= 0.6 is 11.8 Å². The van der Waals surface area contributed by atoms with Gasteiger partial charge in [0.05, 0.1) is 12.6 Å². The molecule has 0 aliphatic carbocycles. The van der Waals surface area contributed by atoms with E-state index < -0.39 is 5.91 Å². The topological polar surface area (TPSA) is 100 Å². The van der Waals surface area contributed by atoms with Crippen molar-refractivity contribution < 1.29 is 14.4 Å². The zero-order valence-electron chi connectivity index (χ0n) is 16.5. The SMILES string of the molecule is CN(C)C(=O)Cn1cc(C(=O)Nc2ccc(CC(=O)N3CCSCC3)cc2)nn1. The Morgan fingerprint density at radius 3 is 2.48 bits per heavy atom. The second kappa shape index (κ2) is 9.55. The third kappa shape index (κ3) is 5.80. The van der Waals surface area contributed by atoms with E-state index in [1.807, 2.05) is 28.8 Å². The lowest BCUT2D eigenvalue weighted by molar-refractivity contribution is -0.130. The van der Waals surface area contributed by atoms with Gasteiger partial charge in [0.15, 0.2) is 5.69 Å². The Morgan fingerprint density at radius 1 is 1.14 bits per heavy atom. The molecule has 0 radical (unpaired) electrons. The number of likely N-dealkylation sites (N-methyl/N-ethyl adjacent to an activating group) is 1. The molecule has 1 fully saturated rings. The van der Waals surface area contributed by atoms with E-state index in [0.29, 0.717) is 12.1 Å². The van der Waals surface area contributed by atoms with Gasteiger partial charge < -0.3 is 15.1 Å². The van der Waals surface area contributed by atoms with Crippen molar-refractivity contribution in [1.29, 1.82) is 0 Å². The Balaban J connectivity index is 1.54. The highest BCUT2D eigenvalue weighted by Gasteiger charge is 2.17. The summed E-state index contributed by atoms with van der Waals surface area (Å²) in [6.07, 6.45) is 1.79. The van der Waals surface area contributed by atoms with E-state index in [4.69, 9.17) is 0 Å². The number of hydrogen-bond acceptors (Lipinski definition) is 6. The van der Waals surface area contributed by atoms with Gasteiger partial charge >= 0.3 is 0 Å². The summed E-state index contributed by atoms with van der Waals surface area (Å²) in [5, 5.41) is 10.4. The van der Waals surface area contributed by atoms with Crippen LogP contribution in [0.4, 0.5) is 5.69 Å². The van der Waals surface area contributed by atoms with Crippen LogP contribution in [0.25, 0.3) is 0 Å². The van der Waals surface area contributed by atoms with Crippen molar-refractivity contribution in [2.45, 2.75) is 13.0 Å². The normalized spacial score (nSPS) is 13.8. The average molecular weight is 417 g/mol. The quantitative estimate of drug-likeness (QED) is 0.745. The maximum atomic E-state index is 12.3. The lowest BCUT2D eigenvalue weighted by Crippen LogP contribution is -2.38. The summed E-state index contributed by atoms with van der Waals surface area (Å²) >= 11 is 1.87. The maximum absolute atomic E-state index is 12.3. The van der Waals surface area contributed by atoms with Gasteiger partial charge in [0.25, 0.3) is 5.91 Å². The molecule has 2 aromatic rings. The minimum absolute atomic E-state index is 0.0196. The molecular weight excluding hydrogens is 392 g/mol. The molecule has 0 spiro atoms. The minimum Gasteiger partial charge on any atom is -0.347 e. The van der Waals surface area contributed by atoms with Crippen molar-refractivity contribution in [3.8, 4) is 0 Å². The average Bonchev–Trinajstić information content (AvgIpc) is 3.18. The number of thioether (sulfide) groups is 1. The summed E-state index contributed by atoms with van der Waals surface area (Å²) in [5.74, 6) is 1.55. The van der Waals surface area contributed by atoms with Crippen LogP contribution in [-0.4, -0.2) is 81.2 Å². The molecule has 0 saturated carbocycles. The number of aromatic nitrogens is 3. The monoisotopic (exact) mass is 416 g/mol. The van der Waals surface area contributed by atoms with Crippen LogP contribution in [0.5, 0.6) is 0 Å². The number of benzene rings is 1. The van der Waals surface area contributed by atoms with Gasteiger partial charge in [-0.15, -0.1) is 5.10 Å². The Labute approximate surface area is 173 Å². The van der Waals surface area contributed by atoms with E-state index >= 15 is 0 Å². The number of anilines is 1. The van der Waals surface area contributed by atoms with Gasteiger partial charge in [0.2, 0.25) is 11.8 Å². The van der Waals surface area contributed by atoms with E-state index in [-0.39, 0.29) is 24.1 Å². The lowest BCUT2D eigenvalue weighted by atomic mass is 10.1. The zero-order valence-corrected chi connectivity index (χ0v) is 17.3. The highest BCUT2D eigenvalue weighted by atomic mass is 32.2. The molecule has 154 valence electrons. The predicted molar refractivity (Wildman–Crippen MR) is 111 cm³/mol. The number of nitrogens with zero attached hydrogens (tertiary/aromatic N) is 5. The first-order valence-electron chi connectivity index (χ1n) is 9.28. The summed E-state index contributed by atoms with van der Waals surface area (Å²) < 4.78 is 1.32. The van der Waals surface area contributed by atoms with E-state index in [1.165, 1.54) is 15.8 Å². The van der Waals surface area contributed by atoms with Crippen molar-refractivity contribution in [2.75, 3.05) is 44.0 Å². The molecule has 3 rings (SSSR count). The number of rotatable bonds is 6. The standard InChI is InChI=1S/C19H24N6O3S/c1-23(2)18(27)13-25-12-16(21-22-25)19(28)20-15-5-3-14(4-6-15)11-17(26)24-7-9-29-10-8-24/h3-6,12H,7-11,13H2,1-2H3,(H,20,28). The molecule has 1 saturated heterocycles. The Bertz CT molecular complexity index is 874. The first-order chi connectivity index (χ1) is 13.9. The molecule has 29 heavy (non-hydrogen) atoms. The smallest absolute Gasteiger partial charge is 0.277 e. The molecule has 1 aromatic carbocycles. The van der Waals surface area contributed by atoms with Gasteiger partial charge in [0, 0.05) is 44.4 Å². The van der Waals surface area contributed by atoms with Crippen LogP contribution in [0.2, 0.25) is 0 Å². The fraction of sp³-hybridized carbons (Fsp3) is 0.421. The fourth-order valence-corrected chi connectivity index (χ4v) is 3.66. The molecule has 10 heteroatoms. The molecule has 0 atom stereocenters. The number of nitrogens with one attached hydrogen (secondary N) is 1. The molecule has 1 aromatic heterocycles. The Kier molecular flexibility index (Phi) is 6.86. The predicted octanol–water partition coefficient (Wildman–Crippen LogP) is 0.736. The Morgan fingerprint density at radius 2 is 1.83 bits per heavy atom. The second-order valence-electron chi connectivity index (χ2n) is 6.91. The van der Waals surface area contributed by atoms with Crippen LogP contribution in [0.3, 0.4) is 0 Å². The molecular formula is C19H24N6O3S. The third-order valence-electron chi connectivity index (χ3n) is 4.50. The van der Waals surface area contributed by atoms with Gasteiger partial charge in [-0.1, -0.05) is 17.3 Å². The molecule has 1 N–H and O–H groups in total. The van der Waals surface area contributed by atoms with E-state index in [2.05, 4.69) is 15.6 Å². The molecule has 1 aliphatic heterocycles. The van der Waals surface area contributed by atoms with Crippen molar-refractivity contribution in [1.82, 2.24) is 24.8 Å². The first-order valence-corrected chi connectivity index (χ1v) is 10.4. The van der Waals surface area contributed by atoms with E-state index in [1.54, 1.807) is 26.2 Å². The van der Waals surface area contributed by atoms with Crippen LogP contribution < -0.4 is 5.32 Å². The van der Waals surface area contributed by atoms with Crippen LogP contribution in [-0.2, 0) is 22.6 Å². The van der Waals surface area contributed by atoms with Crippen molar-refractivity contribution in [3.63, 3.8) is 0 Å². The van der Waals surface area contributed by atoms with E-state index in [9.17, 15) is 14.4 Å². The highest BCUT2D eigenvalue weighted by Crippen LogP contribution is 2.14. The summed E-state index contributed by atoms with van der Waals surface area (Å²) in [4.78, 5) is 39.7. The van der Waals surface area contributed by atoms with Crippen molar-refractivity contribution in [2.24, 2.45) is 0 Å². The number of hydrogen-bond donors (Lipinski definition) is 1. The second-order valence-corrected chi connectivity index (χ2v) is 8.14. The van der Waals surface area contributed by atoms with Crippen molar-refractivity contribution in [3.05, 3.63) is 41.7 Å². The van der Waals surface area contributed by atoms with Gasteiger partial charge in [-0.3, -0.25) is 14.4 Å². The highest BCUT2D eigenvalue weighted by molar-refractivity contribution is 7.99. The molecule has 0 unspecified atom stereocenters. The maximum Gasteiger partial charge on any atom is 0.277 e.